The Labute approximate surface area is 92.8 Å². The number of alkyl halides is 2. The highest BCUT2D eigenvalue weighted by atomic mass is 19.3. The van der Waals surface area contributed by atoms with Crippen molar-refractivity contribution < 1.29 is 8.78 Å². The molecule has 0 aromatic carbocycles. The predicted molar refractivity (Wildman–Crippen MR) is 62.3 cm³/mol. The van der Waals surface area contributed by atoms with Crippen molar-refractivity contribution in [2.45, 2.75) is 65.2 Å². The molecule has 0 unspecified atom stereocenters. The smallest absolute Gasteiger partial charge is 0.207 e. The second kappa shape index (κ2) is 7.84. The molecule has 0 fully saturated rings. The van der Waals surface area contributed by atoms with Crippen molar-refractivity contribution in [3.8, 4) is 0 Å². The normalized spacial score (nSPS) is 12.9. The zero-order valence-corrected chi connectivity index (χ0v) is 10.2. The molecule has 0 nitrogen and oxygen atoms in total. The van der Waals surface area contributed by atoms with Crippen LogP contribution in [0.2, 0.25) is 0 Å². The van der Waals surface area contributed by atoms with Gasteiger partial charge < -0.3 is 0 Å². The van der Waals surface area contributed by atoms with Gasteiger partial charge in [0.25, 0.3) is 0 Å². The molecule has 0 saturated carbocycles. The zero-order chi connectivity index (χ0) is 11.7. The van der Waals surface area contributed by atoms with Gasteiger partial charge in [-0.15, -0.1) is 0 Å². The third kappa shape index (κ3) is 9.89. The molecule has 0 atom stereocenters. The van der Waals surface area contributed by atoms with E-state index in [1.807, 2.05) is 0 Å². The standard InChI is InChI=1S/C13H24F2/c1-4-13(14,15)11-9-7-5-6-8-10-12(2)3/h6,8,12H,4-5,7,9-11H2,1-3H3/b8-6-. The minimum Gasteiger partial charge on any atom is -0.207 e. The zero-order valence-electron chi connectivity index (χ0n) is 10.2. The van der Waals surface area contributed by atoms with Gasteiger partial charge in [0.1, 0.15) is 0 Å². The maximum absolute atomic E-state index is 12.8. The predicted octanol–water partition coefficient (Wildman–Crippen LogP) is 5.19. The first-order valence-electron chi connectivity index (χ1n) is 6.00. The van der Waals surface area contributed by atoms with E-state index in [9.17, 15) is 8.78 Å². The van der Waals surface area contributed by atoms with Crippen LogP contribution in [0.3, 0.4) is 0 Å². The van der Waals surface area contributed by atoms with Crippen LogP contribution in [-0.2, 0) is 0 Å². The molecule has 0 saturated heterocycles. The molecule has 0 aromatic rings. The maximum atomic E-state index is 12.8. The molecular weight excluding hydrogens is 194 g/mol. The monoisotopic (exact) mass is 218 g/mol. The first kappa shape index (κ1) is 14.6. The van der Waals surface area contributed by atoms with E-state index < -0.39 is 5.92 Å². The summed E-state index contributed by atoms with van der Waals surface area (Å²) in [4.78, 5) is 0. The first-order chi connectivity index (χ1) is 6.98. The van der Waals surface area contributed by atoms with E-state index in [2.05, 4.69) is 26.0 Å². The molecule has 0 radical (unpaired) electrons. The Morgan fingerprint density at radius 3 is 2.33 bits per heavy atom. The minimum atomic E-state index is -2.44. The molecule has 0 heterocycles. The summed E-state index contributed by atoms with van der Waals surface area (Å²) in [5.74, 6) is -1.76. The Hall–Kier alpha value is -0.400. The van der Waals surface area contributed by atoms with E-state index in [0.717, 1.165) is 19.3 Å². The average molecular weight is 218 g/mol. The van der Waals surface area contributed by atoms with E-state index in [-0.39, 0.29) is 12.8 Å². The minimum absolute atomic E-state index is 0.0316. The molecule has 0 rings (SSSR count). The van der Waals surface area contributed by atoms with Crippen LogP contribution in [0, 0.1) is 5.92 Å². The van der Waals surface area contributed by atoms with Crippen LogP contribution in [0.1, 0.15) is 59.3 Å². The van der Waals surface area contributed by atoms with Crippen molar-refractivity contribution >= 4 is 0 Å². The lowest BCUT2D eigenvalue weighted by Gasteiger charge is -2.12. The summed E-state index contributed by atoms with van der Waals surface area (Å²) in [5.41, 5.74) is 0. The van der Waals surface area contributed by atoms with Gasteiger partial charge in [-0.3, -0.25) is 0 Å². The molecular formula is C13H24F2. The van der Waals surface area contributed by atoms with Crippen molar-refractivity contribution in [3.63, 3.8) is 0 Å². The Kier molecular flexibility index (Phi) is 7.63. The molecule has 0 aliphatic heterocycles. The fraction of sp³-hybridized carbons (Fsp3) is 0.846. The number of hydrogen-bond acceptors (Lipinski definition) is 0. The number of unbranched alkanes of at least 4 members (excludes halogenated alkanes) is 2. The van der Waals surface area contributed by atoms with E-state index in [1.165, 1.54) is 0 Å². The van der Waals surface area contributed by atoms with E-state index in [0.29, 0.717) is 12.3 Å². The quantitative estimate of drug-likeness (QED) is 0.388. The highest BCUT2D eigenvalue weighted by Crippen LogP contribution is 2.24. The van der Waals surface area contributed by atoms with Crippen molar-refractivity contribution in [2.75, 3.05) is 0 Å². The van der Waals surface area contributed by atoms with Crippen LogP contribution in [0.4, 0.5) is 8.78 Å². The summed E-state index contributed by atoms with van der Waals surface area (Å²) in [7, 11) is 0. The molecule has 0 bridgehead atoms. The molecule has 2 heteroatoms. The Bertz CT molecular complexity index is 171. The lowest BCUT2D eigenvalue weighted by atomic mass is 10.1. The fourth-order valence-corrected chi connectivity index (χ4v) is 1.31. The largest absolute Gasteiger partial charge is 0.247 e. The van der Waals surface area contributed by atoms with Crippen molar-refractivity contribution in [3.05, 3.63) is 12.2 Å². The highest BCUT2D eigenvalue weighted by Gasteiger charge is 2.24. The molecule has 0 aromatic heterocycles. The van der Waals surface area contributed by atoms with Crippen molar-refractivity contribution in [2.24, 2.45) is 5.92 Å². The summed E-state index contributed by atoms with van der Waals surface area (Å²) >= 11 is 0. The second-order valence-corrected chi connectivity index (χ2v) is 4.56. The molecule has 0 spiro atoms. The summed E-state index contributed by atoms with van der Waals surface area (Å²) in [6, 6.07) is 0. The number of hydrogen-bond donors (Lipinski definition) is 0. The van der Waals surface area contributed by atoms with Gasteiger partial charge in [-0.2, -0.15) is 0 Å². The van der Waals surface area contributed by atoms with Gasteiger partial charge in [-0.1, -0.05) is 32.9 Å². The lowest BCUT2D eigenvalue weighted by molar-refractivity contribution is -0.0135. The van der Waals surface area contributed by atoms with Gasteiger partial charge in [-0.25, -0.2) is 8.78 Å². The molecule has 90 valence electrons. The Morgan fingerprint density at radius 1 is 1.13 bits per heavy atom. The SMILES string of the molecule is CCC(F)(F)CCCC/C=C\CC(C)C. The van der Waals surface area contributed by atoms with Crippen LogP contribution in [0.25, 0.3) is 0 Å². The molecule has 0 aliphatic carbocycles. The van der Waals surface area contributed by atoms with E-state index in [1.54, 1.807) is 6.92 Å². The van der Waals surface area contributed by atoms with Crippen LogP contribution < -0.4 is 0 Å². The Morgan fingerprint density at radius 2 is 1.80 bits per heavy atom. The highest BCUT2D eigenvalue weighted by molar-refractivity contribution is 4.82. The molecule has 0 aliphatic rings. The van der Waals surface area contributed by atoms with E-state index >= 15 is 0 Å². The first-order valence-corrected chi connectivity index (χ1v) is 6.00. The third-order valence-electron chi connectivity index (χ3n) is 2.45. The summed E-state index contributed by atoms with van der Waals surface area (Å²) in [5, 5.41) is 0. The maximum Gasteiger partial charge on any atom is 0.247 e. The average Bonchev–Trinajstić information content (AvgIpc) is 2.16. The topological polar surface area (TPSA) is 0 Å². The summed E-state index contributed by atoms with van der Waals surface area (Å²) in [6.45, 7) is 5.89. The van der Waals surface area contributed by atoms with Crippen LogP contribution in [0.5, 0.6) is 0 Å². The van der Waals surface area contributed by atoms with Crippen molar-refractivity contribution in [1.82, 2.24) is 0 Å². The number of halogens is 2. The van der Waals surface area contributed by atoms with Crippen molar-refractivity contribution in [1.29, 1.82) is 0 Å². The van der Waals surface area contributed by atoms with Crippen LogP contribution in [-0.4, -0.2) is 5.92 Å². The van der Waals surface area contributed by atoms with Crippen LogP contribution >= 0.6 is 0 Å². The van der Waals surface area contributed by atoms with E-state index in [4.69, 9.17) is 0 Å². The lowest BCUT2D eigenvalue weighted by Crippen LogP contribution is -2.13. The van der Waals surface area contributed by atoms with Gasteiger partial charge in [-0.05, 0) is 31.6 Å². The van der Waals surface area contributed by atoms with Crippen LogP contribution in [0.15, 0.2) is 12.2 Å². The fourth-order valence-electron chi connectivity index (χ4n) is 1.31. The second-order valence-electron chi connectivity index (χ2n) is 4.56. The molecule has 15 heavy (non-hydrogen) atoms. The van der Waals surface area contributed by atoms with Gasteiger partial charge in [0.15, 0.2) is 0 Å². The Balaban J connectivity index is 3.36. The van der Waals surface area contributed by atoms with Gasteiger partial charge >= 0.3 is 0 Å². The third-order valence-corrected chi connectivity index (χ3v) is 2.45. The summed E-state index contributed by atoms with van der Waals surface area (Å²) < 4.78 is 25.6. The molecule has 0 amide bonds. The van der Waals surface area contributed by atoms with Gasteiger partial charge in [0.05, 0.1) is 0 Å². The number of allylic oxidation sites excluding steroid dienone is 2. The van der Waals surface area contributed by atoms with Gasteiger partial charge in [0.2, 0.25) is 5.92 Å². The van der Waals surface area contributed by atoms with Gasteiger partial charge in [0, 0.05) is 12.8 Å². The molecule has 0 N–H and O–H groups in total. The summed E-state index contributed by atoms with van der Waals surface area (Å²) in [6.07, 6.45) is 7.82. The number of rotatable bonds is 8.